The average Bonchev–Trinajstić information content (AvgIpc) is 3.63. The van der Waals surface area contributed by atoms with E-state index in [4.69, 9.17) is 0 Å². The standard InChI is InChI=1S/C16H13.2C9H7.C2H4.Zr/c1-3-9-15(10-4-1)13-7-8-14-16-11-5-2-6-12-16;2*1-2-5-9-7-3-6-8(9)4-1;1-2;/h1-13H;2*1-7H;1H,2H3;/q3*-1;;. The molecule has 0 saturated carbocycles. The Labute approximate surface area is 236 Å². The van der Waals surface area contributed by atoms with Crippen molar-refractivity contribution in [1.29, 1.82) is 0 Å². The first-order valence-corrected chi connectivity index (χ1v) is 13.7. The van der Waals surface area contributed by atoms with Crippen molar-refractivity contribution in [3.63, 3.8) is 0 Å². The van der Waals surface area contributed by atoms with Crippen molar-refractivity contribution in [2.24, 2.45) is 0 Å². The second-order valence-corrected chi connectivity index (χ2v) is 9.46. The van der Waals surface area contributed by atoms with Crippen LogP contribution >= 0.6 is 0 Å². The van der Waals surface area contributed by atoms with E-state index in [0.717, 1.165) is 5.56 Å². The molecular formula is C36H31Zr-3. The van der Waals surface area contributed by atoms with Crippen LogP contribution in [0.5, 0.6) is 0 Å². The summed E-state index contributed by atoms with van der Waals surface area (Å²) in [6.45, 7) is 2.04. The molecule has 0 atom stereocenters. The molecule has 0 heterocycles. The van der Waals surface area contributed by atoms with Gasteiger partial charge in [0.25, 0.3) is 0 Å². The number of rotatable bonds is 3. The van der Waals surface area contributed by atoms with Crippen LogP contribution in [0.2, 0.25) is 0 Å². The third-order valence-corrected chi connectivity index (χ3v) is 5.30. The van der Waals surface area contributed by atoms with Crippen LogP contribution < -0.4 is 0 Å². The van der Waals surface area contributed by atoms with Gasteiger partial charge in [-0.1, -0.05) is 54.6 Å². The topological polar surface area (TPSA) is 0 Å². The molecule has 0 amide bonds. The molecule has 37 heavy (non-hydrogen) atoms. The molecular weight excluding hydrogens is 524 g/mol. The predicted molar refractivity (Wildman–Crippen MR) is 160 cm³/mol. The largest absolute Gasteiger partial charge is 0.168 e. The zero-order chi connectivity index (χ0) is 26.0. The number of benzene rings is 4. The van der Waals surface area contributed by atoms with Crippen molar-refractivity contribution in [1.82, 2.24) is 0 Å². The number of allylic oxidation sites excluding steroid dienone is 2. The monoisotopic (exact) mass is 553 g/mol. The fourth-order valence-corrected chi connectivity index (χ4v) is 3.54. The van der Waals surface area contributed by atoms with Crippen LogP contribution in [0.4, 0.5) is 0 Å². The molecule has 182 valence electrons. The van der Waals surface area contributed by atoms with Gasteiger partial charge in [0.2, 0.25) is 0 Å². The summed E-state index contributed by atoms with van der Waals surface area (Å²) in [4.78, 5) is 0. The Kier molecular flexibility index (Phi) is 12.8. The molecule has 0 aliphatic carbocycles. The molecule has 6 aromatic rings. The second kappa shape index (κ2) is 16.9. The normalized spacial score (nSPS) is 10.2. The Balaban J connectivity index is 0.000000154. The van der Waals surface area contributed by atoms with Crippen LogP contribution in [0, 0.1) is 6.08 Å². The summed E-state index contributed by atoms with van der Waals surface area (Å²) in [7, 11) is 0. The minimum Gasteiger partial charge on any atom is -0.168 e. The van der Waals surface area contributed by atoms with E-state index in [1.165, 1.54) is 51.3 Å². The zero-order valence-electron chi connectivity index (χ0n) is 21.2. The predicted octanol–water partition coefficient (Wildman–Crippen LogP) is 9.58. The zero-order valence-corrected chi connectivity index (χ0v) is 23.6. The van der Waals surface area contributed by atoms with Crippen molar-refractivity contribution in [3.05, 3.63) is 175 Å². The molecule has 0 bridgehead atoms. The Bertz CT molecular complexity index is 1310. The minimum atomic E-state index is 1.10. The smallest absolute Gasteiger partial charge is 0.0348 e. The summed E-state index contributed by atoms with van der Waals surface area (Å²) in [6.07, 6.45) is 9.20. The molecule has 1 heteroatoms. The summed E-state index contributed by atoms with van der Waals surface area (Å²) >= 11 is 1.51. The van der Waals surface area contributed by atoms with E-state index in [0.29, 0.717) is 0 Å². The molecule has 0 fully saturated rings. The first kappa shape index (κ1) is 27.9. The summed E-state index contributed by atoms with van der Waals surface area (Å²) < 4.78 is 2.09. The van der Waals surface area contributed by atoms with Gasteiger partial charge < -0.3 is 0 Å². The van der Waals surface area contributed by atoms with E-state index >= 15 is 0 Å². The van der Waals surface area contributed by atoms with Gasteiger partial charge in [-0.25, -0.2) is 0 Å². The van der Waals surface area contributed by atoms with Crippen LogP contribution in [0.3, 0.4) is 0 Å². The number of hydrogen-bond donors (Lipinski definition) is 0. The van der Waals surface area contributed by atoms with Crippen molar-refractivity contribution in [2.75, 3.05) is 0 Å². The van der Waals surface area contributed by atoms with Crippen LogP contribution in [-0.4, -0.2) is 3.71 Å². The molecule has 6 rings (SSSR count). The SMILES string of the molecule is C[CH]=[Zr].[C-](=CC=Cc1ccccc1)c1ccccc1.c1ccc2[cH-]ccc2c1.c1ccc2[cH-]ccc2c1. The Morgan fingerprint density at radius 1 is 0.595 bits per heavy atom. The van der Waals surface area contributed by atoms with Crippen LogP contribution in [-0.2, 0) is 24.2 Å². The van der Waals surface area contributed by atoms with E-state index in [2.05, 4.69) is 113 Å². The van der Waals surface area contributed by atoms with Gasteiger partial charge in [-0.15, -0.1) is 107 Å². The molecule has 0 radical (unpaired) electrons. The minimum absolute atomic E-state index is 1.10. The van der Waals surface area contributed by atoms with Gasteiger partial charge in [0, 0.05) is 0 Å². The molecule has 0 spiro atoms. The maximum absolute atomic E-state index is 3.20. The molecule has 0 N–H and O–H groups in total. The van der Waals surface area contributed by atoms with E-state index in [1.807, 2.05) is 67.6 Å². The van der Waals surface area contributed by atoms with Gasteiger partial charge in [0.1, 0.15) is 0 Å². The maximum Gasteiger partial charge on any atom is -0.0348 e. The molecule has 0 saturated heterocycles. The average molecular weight is 555 g/mol. The quantitative estimate of drug-likeness (QED) is 0.151. The second-order valence-electron chi connectivity index (χ2n) is 8.04. The number of hydrogen-bond acceptors (Lipinski definition) is 0. The third-order valence-electron chi connectivity index (χ3n) is 5.30. The summed E-state index contributed by atoms with van der Waals surface area (Å²) in [5.74, 6) is 0. The molecule has 0 aliphatic rings. The molecule has 0 unspecified atom stereocenters. The number of fused-ring (bicyclic) bond motifs is 2. The summed E-state index contributed by atoms with van der Waals surface area (Å²) in [5.41, 5.74) is 2.30. The molecule has 0 aliphatic heterocycles. The van der Waals surface area contributed by atoms with Crippen LogP contribution in [0.15, 0.2) is 158 Å². The van der Waals surface area contributed by atoms with Gasteiger partial charge in [0.15, 0.2) is 0 Å². The third kappa shape index (κ3) is 10.5. The fourth-order valence-electron chi connectivity index (χ4n) is 3.54. The van der Waals surface area contributed by atoms with Crippen molar-refractivity contribution < 1.29 is 24.2 Å². The first-order chi connectivity index (χ1) is 18.3. The van der Waals surface area contributed by atoms with E-state index < -0.39 is 0 Å². The van der Waals surface area contributed by atoms with Crippen LogP contribution in [0.25, 0.3) is 27.6 Å². The fraction of sp³-hybridized carbons (Fsp3) is 0.0278. The van der Waals surface area contributed by atoms with Gasteiger partial charge in [0.05, 0.1) is 0 Å². The van der Waals surface area contributed by atoms with E-state index in [-0.39, 0.29) is 0 Å². The Morgan fingerprint density at radius 3 is 1.57 bits per heavy atom. The molecule has 6 aromatic carbocycles. The van der Waals surface area contributed by atoms with Crippen LogP contribution in [0.1, 0.15) is 18.1 Å². The van der Waals surface area contributed by atoms with E-state index in [9.17, 15) is 0 Å². The Morgan fingerprint density at radius 2 is 1.05 bits per heavy atom. The summed E-state index contributed by atoms with van der Waals surface area (Å²) in [5, 5.41) is 5.32. The summed E-state index contributed by atoms with van der Waals surface area (Å²) in [6, 6.07) is 49.7. The van der Waals surface area contributed by atoms with Crippen molar-refractivity contribution >= 4 is 31.3 Å². The van der Waals surface area contributed by atoms with Gasteiger partial charge in [-0.2, -0.15) is 35.0 Å². The van der Waals surface area contributed by atoms with Crippen molar-refractivity contribution in [2.45, 2.75) is 6.92 Å². The molecule has 0 aromatic heterocycles. The van der Waals surface area contributed by atoms with Gasteiger partial charge >= 0.3 is 34.9 Å². The maximum atomic E-state index is 3.20. The van der Waals surface area contributed by atoms with Gasteiger partial charge in [-0.05, 0) is 5.56 Å². The molecule has 0 nitrogen and oxygen atoms in total. The van der Waals surface area contributed by atoms with E-state index in [1.54, 1.807) is 0 Å². The Hall–Kier alpha value is -3.67. The van der Waals surface area contributed by atoms with Gasteiger partial charge in [-0.3, -0.25) is 0 Å². The van der Waals surface area contributed by atoms with Crippen molar-refractivity contribution in [3.8, 4) is 0 Å². The first-order valence-electron chi connectivity index (χ1n) is 12.3.